The third-order valence-electron chi connectivity index (χ3n) is 3.61. The zero-order valence-electron chi connectivity index (χ0n) is 13.5. The van der Waals surface area contributed by atoms with Gasteiger partial charge in [0.05, 0.1) is 18.7 Å². The van der Waals surface area contributed by atoms with E-state index in [4.69, 9.17) is 4.74 Å². The smallest absolute Gasteiger partial charge is 0.311 e. The third kappa shape index (κ3) is 4.00. The summed E-state index contributed by atoms with van der Waals surface area (Å²) >= 11 is 10.3. The van der Waals surface area contributed by atoms with Crippen molar-refractivity contribution in [2.24, 2.45) is 7.05 Å². The highest BCUT2D eigenvalue weighted by Gasteiger charge is 2.22. The third-order valence-corrected chi connectivity index (χ3v) is 6.08. The molecule has 2 rings (SSSR count). The molecule has 7 heteroatoms. The van der Waals surface area contributed by atoms with E-state index in [1.807, 2.05) is 19.1 Å². The predicted molar refractivity (Wildman–Crippen MR) is 103 cm³/mol. The van der Waals surface area contributed by atoms with Crippen molar-refractivity contribution in [3.8, 4) is 0 Å². The number of hydrogen-bond donors (Lipinski definition) is 0. The van der Waals surface area contributed by atoms with Crippen molar-refractivity contribution >= 4 is 59.5 Å². The monoisotopic (exact) mass is 519 g/mol. The molecular formula is C17H16Br3NO3. The second-order valence-electron chi connectivity index (χ2n) is 5.29. The Morgan fingerprint density at radius 2 is 1.83 bits per heavy atom. The zero-order valence-corrected chi connectivity index (χ0v) is 18.2. The Morgan fingerprint density at radius 3 is 2.46 bits per heavy atom. The van der Waals surface area contributed by atoms with E-state index in [1.165, 1.54) is 0 Å². The number of ether oxygens (including phenoxy) is 1. The van der Waals surface area contributed by atoms with Crippen molar-refractivity contribution in [2.75, 3.05) is 6.61 Å². The molecule has 2 aromatic rings. The number of aromatic nitrogens is 1. The summed E-state index contributed by atoms with van der Waals surface area (Å²) in [5.41, 5.74) is 2.67. The van der Waals surface area contributed by atoms with Gasteiger partial charge in [-0.15, -0.1) is 0 Å². The first-order valence-corrected chi connectivity index (χ1v) is 9.64. The van der Waals surface area contributed by atoms with Crippen molar-refractivity contribution < 1.29 is 14.3 Å². The van der Waals surface area contributed by atoms with Crippen LogP contribution in [0, 0.1) is 6.92 Å². The van der Waals surface area contributed by atoms with Crippen LogP contribution in [0.25, 0.3) is 0 Å². The van der Waals surface area contributed by atoms with Crippen LogP contribution < -0.4 is 0 Å². The lowest BCUT2D eigenvalue weighted by Gasteiger charge is -2.10. The normalized spacial score (nSPS) is 10.8. The minimum atomic E-state index is -0.302. The second-order valence-corrected chi connectivity index (χ2v) is 7.85. The van der Waals surface area contributed by atoms with Gasteiger partial charge in [-0.2, -0.15) is 0 Å². The standard InChI is InChI=1S/C17H16Br3NO3/c1-4-24-14(22)8-11-5-9(2)16(21(11)3)17(23)12-6-10(18)7-13(19)15(12)20/h5-7H,4,8H2,1-3H3. The summed E-state index contributed by atoms with van der Waals surface area (Å²) in [7, 11) is 1.79. The number of nitrogens with zero attached hydrogens (tertiary/aromatic N) is 1. The number of carbonyl (C=O) groups is 2. The largest absolute Gasteiger partial charge is 0.466 e. The van der Waals surface area contributed by atoms with E-state index in [0.717, 1.165) is 20.2 Å². The van der Waals surface area contributed by atoms with Gasteiger partial charge in [-0.25, -0.2) is 0 Å². The van der Waals surface area contributed by atoms with E-state index < -0.39 is 0 Å². The maximum Gasteiger partial charge on any atom is 0.311 e. The molecule has 0 aliphatic heterocycles. The van der Waals surface area contributed by atoms with Crippen molar-refractivity contribution in [3.63, 3.8) is 0 Å². The average molecular weight is 522 g/mol. The Kier molecular flexibility index (Phi) is 6.45. The van der Waals surface area contributed by atoms with Gasteiger partial charge in [0, 0.05) is 31.7 Å². The zero-order chi connectivity index (χ0) is 18.0. The number of hydrogen-bond acceptors (Lipinski definition) is 3. The molecule has 0 radical (unpaired) electrons. The summed E-state index contributed by atoms with van der Waals surface area (Å²) in [4.78, 5) is 24.8. The first-order chi connectivity index (χ1) is 11.3. The Hall–Kier alpha value is -0.920. The summed E-state index contributed by atoms with van der Waals surface area (Å²) in [6.07, 6.45) is 0.141. The molecule has 4 nitrogen and oxygen atoms in total. The molecule has 0 amide bonds. The molecule has 1 aromatic carbocycles. The highest BCUT2D eigenvalue weighted by Crippen LogP contribution is 2.33. The summed E-state index contributed by atoms with van der Waals surface area (Å²) < 4.78 is 9.04. The number of esters is 1. The molecule has 0 spiro atoms. The van der Waals surface area contributed by atoms with Gasteiger partial charge in [0.2, 0.25) is 5.78 Å². The Bertz CT molecular complexity index is 812. The molecule has 0 N–H and O–H groups in total. The Morgan fingerprint density at radius 1 is 1.17 bits per heavy atom. The molecule has 0 saturated heterocycles. The fraction of sp³-hybridized carbons (Fsp3) is 0.294. The molecule has 0 fully saturated rings. The van der Waals surface area contributed by atoms with Crippen molar-refractivity contribution in [1.29, 1.82) is 0 Å². The second kappa shape index (κ2) is 7.97. The maximum atomic E-state index is 13.0. The first-order valence-electron chi connectivity index (χ1n) is 7.26. The molecule has 0 bridgehead atoms. The Labute approximate surface area is 166 Å². The van der Waals surface area contributed by atoms with Crippen LogP contribution in [-0.2, 0) is 23.0 Å². The molecule has 1 heterocycles. The minimum Gasteiger partial charge on any atom is -0.466 e. The number of carbonyl (C=O) groups excluding carboxylic acids is 2. The van der Waals surface area contributed by atoms with E-state index in [2.05, 4.69) is 47.8 Å². The van der Waals surface area contributed by atoms with Gasteiger partial charge in [0.25, 0.3) is 0 Å². The van der Waals surface area contributed by atoms with Gasteiger partial charge < -0.3 is 9.30 Å². The molecule has 0 saturated carbocycles. The molecule has 128 valence electrons. The Balaban J connectivity index is 2.44. The van der Waals surface area contributed by atoms with Gasteiger partial charge in [0.15, 0.2) is 0 Å². The fourth-order valence-corrected chi connectivity index (χ4v) is 4.17. The van der Waals surface area contributed by atoms with Crippen LogP contribution in [-0.4, -0.2) is 22.9 Å². The molecule has 0 aliphatic rings. The van der Waals surface area contributed by atoms with Crippen LogP contribution in [0.15, 0.2) is 31.6 Å². The fourth-order valence-electron chi connectivity index (χ4n) is 2.53. The predicted octanol–water partition coefficient (Wildman–Crippen LogP) is 4.96. The molecule has 0 unspecified atom stereocenters. The lowest BCUT2D eigenvalue weighted by molar-refractivity contribution is -0.142. The summed E-state index contributed by atoms with van der Waals surface area (Å²) in [5, 5.41) is 0. The van der Waals surface area contributed by atoms with Crippen LogP contribution in [0.3, 0.4) is 0 Å². The van der Waals surface area contributed by atoms with Gasteiger partial charge in [-0.1, -0.05) is 15.9 Å². The van der Waals surface area contributed by atoms with Crippen molar-refractivity contribution in [1.82, 2.24) is 4.57 Å². The summed E-state index contributed by atoms with van der Waals surface area (Å²) in [5.74, 6) is -0.414. The van der Waals surface area contributed by atoms with Gasteiger partial charge in [-0.05, 0) is 69.5 Å². The van der Waals surface area contributed by atoms with Crippen LogP contribution in [0.1, 0.15) is 34.2 Å². The molecule has 0 aliphatic carbocycles. The number of halogens is 3. The summed E-state index contributed by atoms with van der Waals surface area (Å²) in [6, 6.07) is 5.49. The number of aryl methyl sites for hydroxylation is 1. The number of ketones is 1. The highest BCUT2D eigenvalue weighted by molar-refractivity contribution is 9.13. The van der Waals surface area contributed by atoms with Crippen LogP contribution in [0.4, 0.5) is 0 Å². The van der Waals surface area contributed by atoms with Crippen LogP contribution >= 0.6 is 47.8 Å². The first kappa shape index (κ1) is 19.4. The quantitative estimate of drug-likeness (QED) is 0.317. The van der Waals surface area contributed by atoms with Crippen LogP contribution in [0.2, 0.25) is 0 Å². The lowest BCUT2D eigenvalue weighted by Crippen LogP contribution is -2.14. The topological polar surface area (TPSA) is 48.3 Å². The maximum absolute atomic E-state index is 13.0. The SMILES string of the molecule is CCOC(=O)Cc1cc(C)c(C(=O)c2cc(Br)cc(Br)c2Br)n1C. The molecule has 1 aromatic heterocycles. The van der Waals surface area contributed by atoms with Crippen LogP contribution in [0.5, 0.6) is 0 Å². The number of rotatable bonds is 5. The van der Waals surface area contributed by atoms with Crippen molar-refractivity contribution in [3.05, 3.63) is 54.1 Å². The minimum absolute atomic E-state index is 0.112. The molecule has 24 heavy (non-hydrogen) atoms. The van der Waals surface area contributed by atoms with E-state index in [1.54, 1.807) is 24.6 Å². The van der Waals surface area contributed by atoms with E-state index in [9.17, 15) is 9.59 Å². The summed E-state index contributed by atoms with van der Waals surface area (Å²) in [6.45, 7) is 3.97. The van der Waals surface area contributed by atoms with Crippen molar-refractivity contribution in [2.45, 2.75) is 20.3 Å². The van der Waals surface area contributed by atoms with Gasteiger partial charge >= 0.3 is 5.97 Å². The van der Waals surface area contributed by atoms with E-state index in [0.29, 0.717) is 22.3 Å². The van der Waals surface area contributed by atoms with E-state index in [-0.39, 0.29) is 18.2 Å². The number of benzene rings is 1. The van der Waals surface area contributed by atoms with Gasteiger partial charge in [0.1, 0.15) is 0 Å². The lowest BCUT2D eigenvalue weighted by atomic mass is 10.1. The average Bonchev–Trinajstić information content (AvgIpc) is 2.76. The van der Waals surface area contributed by atoms with Gasteiger partial charge in [-0.3, -0.25) is 9.59 Å². The highest BCUT2D eigenvalue weighted by atomic mass is 79.9. The van der Waals surface area contributed by atoms with E-state index >= 15 is 0 Å². The molecular weight excluding hydrogens is 506 g/mol. The molecule has 0 atom stereocenters.